The molecule has 0 atom stereocenters. The molecule has 94 valence electrons. The zero-order valence-electron chi connectivity index (χ0n) is 9.34. The van der Waals surface area contributed by atoms with Crippen molar-refractivity contribution in [1.82, 2.24) is 24.3 Å². The first-order chi connectivity index (χ1) is 8.63. The summed E-state index contributed by atoms with van der Waals surface area (Å²) in [6, 6.07) is 2.04. The van der Waals surface area contributed by atoms with Crippen molar-refractivity contribution in [1.29, 1.82) is 5.26 Å². The molecule has 2 heterocycles. The molecule has 0 saturated carbocycles. The predicted octanol–water partition coefficient (Wildman–Crippen LogP) is 1.98. The minimum atomic E-state index is 0.262. The third-order valence-corrected chi connectivity index (χ3v) is 3.89. The van der Waals surface area contributed by atoms with Crippen LogP contribution in [-0.4, -0.2) is 30.1 Å². The molecule has 0 amide bonds. The Morgan fingerprint density at radius 1 is 1.44 bits per heavy atom. The quantitative estimate of drug-likeness (QED) is 0.808. The molecule has 2 aromatic heterocycles. The number of hydrogen-bond donors (Lipinski definition) is 0. The van der Waals surface area contributed by atoms with Gasteiger partial charge in [-0.2, -0.15) is 5.26 Å². The van der Waals surface area contributed by atoms with Crippen LogP contribution in [0.4, 0.5) is 0 Å². The first kappa shape index (κ1) is 13.2. The second-order valence-corrected chi connectivity index (χ2v) is 5.02. The summed E-state index contributed by atoms with van der Waals surface area (Å²) in [4.78, 5) is 3.89. The highest BCUT2D eigenvalue weighted by Gasteiger charge is 2.12. The molecule has 2 rings (SSSR count). The molecule has 0 aliphatic heterocycles. The third-order valence-electron chi connectivity index (χ3n) is 2.24. The zero-order valence-corrected chi connectivity index (χ0v) is 11.7. The molecule has 0 unspecified atom stereocenters. The van der Waals surface area contributed by atoms with E-state index in [2.05, 4.69) is 15.2 Å². The van der Waals surface area contributed by atoms with Gasteiger partial charge in [0.05, 0.1) is 24.7 Å². The summed E-state index contributed by atoms with van der Waals surface area (Å²) < 4.78 is 3.49. The second kappa shape index (κ2) is 5.61. The van der Waals surface area contributed by atoms with Crippen LogP contribution in [0, 0.1) is 11.3 Å². The highest BCUT2D eigenvalue weighted by atomic mass is 35.5. The summed E-state index contributed by atoms with van der Waals surface area (Å²) in [6.07, 6.45) is 1.54. The molecule has 6 nitrogen and oxygen atoms in total. The highest BCUT2D eigenvalue weighted by Crippen LogP contribution is 2.21. The van der Waals surface area contributed by atoms with E-state index in [0.717, 1.165) is 0 Å². The summed E-state index contributed by atoms with van der Waals surface area (Å²) in [7, 11) is 1.83. The van der Waals surface area contributed by atoms with Gasteiger partial charge >= 0.3 is 0 Å². The predicted molar refractivity (Wildman–Crippen MR) is 68.7 cm³/mol. The normalized spacial score (nSPS) is 10.6. The van der Waals surface area contributed by atoms with E-state index in [-0.39, 0.29) is 5.15 Å². The van der Waals surface area contributed by atoms with Crippen LogP contribution in [0.3, 0.4) is 0 Å². The molecule has 0 saturated heterocycles. The zero-order chi connectivity index (χ0) is 13.1. The Bertz CT molecular complexity index is 599. The number of thioether (sulfide) groups is 1. The van der Waals surface area contributed by atoms with Gasteiger partial charge in [-0.15, -0.1) is 10.2 Å². The van der Waals surface area contributed by atoms with E-state index in [4.69, 9.17) is 28.5 Å². The Morgan fingerprint density at radius 2 is 2.22 bits per heavy atom. The van der Waals surface area contributed by atoms with Crippen molar-refractivity contribution in [3.63, 3.8) is 0 Å². The van der Waals surface area contributed by atoms with Crippen LogP contribution < -0.4 is 0 Å². The molecule has 0 fully saturated rings. The van der Waals surface area contributed by atoms with Gasteiger partial charge in [-0.25, -0.2) is 4.98 Å². The third kappa shape index (κ3) is 2.61. The van der Waals surface area contributed by atoms with Crippen molar-refractivity contribution in [2.24, 2.45) is 7.05 Å². The van der Waals surface area contributed by atoms with Crippen LogP contribution in [0.25, 0.3) is 0 Å². The first-order valence-corrected chi connectivity index (χ1v) is 6.61. The number of halogens is 2. The minimum Gasteiger partial charge on any atom is -0.313 e. The van der Waals surface area contributed by atoms with Gasteiger partial charge in [0.15, 0.2) is 16.1 Å². The molecule has 0 radical (unpaired) electrons. The van der Waals surface area contributed by atoms with Crippen molar-refractivity contribution in [2.75, 3.05) is 5.75 Å². The molecular formula is C9H8Cl2N6S. The van der Waals surface area contributed by atoms with E-state index in [9.17, 15) is 0 Å². The summed E-state index contributed by atoms with van der Waals surface area (Å²) in [6.45, 7) is 0.426. The fourth-order valence-corrected chi connectivity index (χ4v) is 2.21. The van der Waals surface area contributed by atoms with Gasteiger partial charge < -0.3 is 9.13 Å². The van der Waals surface area contributed by atoms with Crippen molar-refractivity contribution in [3.05, 3.63) is 22.5 Å². The van der Waals surface area contributed by atoms with Crippen LogP contribution in [0.1, 0.15) is 5.82 Å². The molecule has 18 heavy (non-hydrogen) atoms. The van der Waals surface area contributed by atoms with E-state index in [1.165, 1.54) is 11.8 Å². The molecule has 0 bridgehead atoms. The molecular weight excluding hydrogens is 295 g/mol. The fourth-order valence-electron chi connectivity index (χ4n) is 1.31. The molecule has 0 spiro atoms. The summed E-state index contributed by atoms with van der Waals surface area (Å²) in [5.74, 6) is 1.05. The van der Waals surface area contributed by atoms with Gasteiger partial charge in [0.1, 0.15) is 5.15 Å². The largest absolute Gasteiger partial charge is 0.313 e. The van der Waals surface area contributed by atoms with Crippen LogP contribution in [0.5, 0.6) is 0 Å². The smallest absolute Gasteiger partial charge is 0.192 e. The lowest BCUT2D eigenvalue weighted by Gasteiger charge is -2.04. The fraction of sp³-hybridized carbons (Fsp3) is 0.333. The maximum Gasteiger partial charge on any atom is 0.192 e. The lowest BCUT2D eigenvalue weighted by Crippen LogP contribution is -2.05. The second-order valence-electron chi connectivity index (χ2n) is 3.36. The Balaban J connectivity index is 2.18. The lowest BCUT2D eigenvalue weighted by atomic mass is 10.6. The summed E-state index contributed by atoms with van der Waals surface area (Å²) in [5, 5.41) is 17.9. The molecule has 0 N–H and O–H groups in total. The first-order valence-electron chi connectivity index (χ1n) is 4.87. The molecule has 9 heteroatoms. The van der Waals surface area contributed by atoms with E-state index >= 15 is 0 Å². The maximum absolute atomic E-state index is 8.53. The molecule has 0 aromatic carbocycles. The van der Waals surface area contributed by atoms with Gasteiger partial charge in [-0.1, -0.05) is 35.0 Å². The van der Waals surface area contributed by atoms with Gasteiger partial charge in [-0.05, 0) is 0 Å². The van der Waals surface area contributed by atoms with Crippen LogP contribution in [-0.2, 0) is 13.6 Å². The van der Waals surface area contributed by atoms with Crippen molar-refractivity contribution in [3.8, 4) is 6.07 Å². The molecule has 2 aromatic rings. The van der Waals surface area contributed by atoms with Crippen molar-refractivity contribution < 1.29 is 0 Å². The Labute approximate surface area is 118 Å². The number of aromatic nitrogens is 5. The average Bonchev–Trinajstić information content (AvgIpc) is 2.86. The topological polar surface area (TPSA) is 72.3 Å². The Kier molecular flexibility index (Phi) is 4.11. The van der Waals surface area contributed by atoms with Gasteiger partial charge in [0, 0.05) is 7.05 Å². The van der Waals surface area contributed by atoms with Gasteiger partial charge in [0.2, 0.25) is 0 Å². The number of hydrogen-bond acceptors (Lipinski definition) is 5. The van der Waals surface area contributed by atoms with E-state index in [1.54, 1.807) is 10.9 Å². The van der Waals surface area contributed by atoms with Crippen molar-refractivity contribution in [2.45, 2.75) is 11.7 Å². The number of nitrogens with zero attached hydrogens (tertiary/aromatic N) is 6. The maximum atomic E-state index is 8.53. The van der Waals surface area contributed by atoms with Crippen LogP contribution >= 0.6 is 35.0 Å². The van der Waals surface area contributed by atoms with E-state index in [0.29, 0.717) is 28.4 Å². The van der Waals surface area contributed by atoms with Gasteiger partial charge in [0.25, 0.3) is 0 Å². The molecule has 0 aliphatic rings. The number of imidazole rings is 1. The molecule has 0 aliphatic carbocycles. The SMILES string of the molecule is Cn1c(Cn2cnc(Cl)c2Cl)nnc1SCC#N. The summed E-state index contributed by atoms with van der Waals surface area (Å²) in [5.41, 5.74) is 0. The van der Waals surface area contributed by atoms with Crippen LogP contribution in [0.15, 0.2) is 11.5 Å². The van der Waals surface area contributed by atoms with Crippen molar-refractivity contribution >= 4 is 35.0 Å². The summed E-state index contributed by atoms with van der Waals surface area (Å²) >= 11 is 13.1. The average molecular weight is 303 g/mol. The Morgan fingerprint density at radius 3 is 2.83 bits per heavy atom. The van der Waals surface area contributed by atoms with Gasteiger partial charge in [-0.3, -0.25) is 0 Å². The number of rotatable bonds is 4. The number of nitriles is 1. The van der Waals surface area contributed by atoms with E-state index in [1.807, 2.05) is 17.7 Å². The lowest BCUT2D eigenvalue weighted by molar-refractivity contribution is 0.675. The standard InChI is InChI=1S/C9H8Cl2N6S/c1-16-6(14-15-9(16)18-3-2-12)4-17-5-13-7(10)8(17)11/h5H,3-4H2,1H3. The minimum absolute atomic E-state index is 0.262. The van der Waals surface area contributed by atoms with Crippen LogP contribution in [0.2, 0.25) is 10.3 Å². The monoisotopic (exact) mass is 302 g/mol. The van der Waals surface area contributed by atoms with E-state index < -0.39 is 0 Å². The Hall–Kier alpha value is -1.23. The highest BCUT2D eigenvalue weighted by molar-refractivity contribution is 7.99.